The van der Waals surface area contributed by atoms with Crippen molar-refractivity contribution in [1.82, 2.24) is 0 Å². The monoisotopic (exact) mass is 454 g/mol. The van der Waals surface area contributed by atoms with Gasteiger partial charge in [0.15, 0.2) is 0 Å². The maximum Gasteiger partial charge on any atom is 0.282 e. The molecule has 31 heavy (non-hydrogen) atoms. The van der Waals surface area contributed by atoms with Crippen molar-refractivity contribution in [2.75, 3.05) is 4.31 Å². The number of hydrogen-bond acceptors (Lipinski definition) is 4. The summed E-state index contributed by atoms with van der Waals surface area (Å²) in [7, 11) is -7.79. The van der Waals surface area contributed by atoms with Crippen LogP contribution in [0.2, 0.25) is 0 Å². The van der Waals surface area contributed by atoms with Crippen LogP contribution < -0.4 is 4.31 Å². The molecule has 0 fully saturated rings. The van der Waals surface area contributed by atoms with Crippen LogP contribution in [0.3, 0.4) is 0 Å². The maximum absolute atomic E-state index is 13.2. The number of hydrogen-bond donors (Lipinski definition) is 0. The number of rotatable bonds is 7. The number of sulfonamides is 2. The lowest BCUT2D eigenvalue weighted by atomic mass is 10.2. The Balaban J connectivity index is 1.92. The van der Waals surface area contributed by atoms with Crippen molar-refractivity contribution < 1.29 is 16.8 Å². The fraction of sp³-hybridized carbons (Fsp3) is 0.0870. The fourth-order valence-corrected chi connectivity index (χ4v) is 4.88. The summed E-state index contributed by atoms with van der Waals surface area (Å²) in [5, 5.41) is 0. The summed E-state index contributed by atoms with van der Waals surface area (Å²) in [6.45, 7) is 3.73. The first-order valence-electron chi connectivity index (χ1n) is 9.40. The standard InChI is InChI=1S/C23H22N2O4S2/c1-19-9-13-22(14-10-19)30(26,27)24-17-6-18-25(21-7-4-3-5-8-21)31(28,29)23-15-11-20(2)12-16-23/h3-18H,1-2H3/b18-6+,24-17+. The van der Waals surface area contributed by atoms with Crippen LogP contribution in [0, 0.1) is 13.8 Å². The number of nitrogens with zero attached hydrogens (tertiary/aromatic N) is 2. The van der Waals surface area contributed by atoms with Crippen LogP contribution in [0.25, 0.3) is 0 Å². The van der Waals surface area contributed by atoms with Gasteiger partial charge < -0.3 is 0 Å². The zero-order valence-electron chi connectivity index (χ0n) is 17.1. The third kappa shape index (κ3) is 5.48. The van der Waals surface area contributed by atoms with Gasteiger partial charge in [-0.15, -0.1) is 0 Å². The van der Waals surface area contributed by atoms with Gasteiger partial charge in [0.2, 0.25) is 0 Å². The van der Waals surface area contributed by atoms with E-state index in [9.17, 15) is 16.8 Å². The molecule has 0 spiro atoms. The highest BCUT2D eigenvalue weighted by molar-refractivity contribution is 7.93. The third-order valence-electron chi connectivity index (χ3n) is 4.41. The van der Waals surface area contributed by atoms with E-state index in [-0.39, 0.29) is 9.79 Å². The van der Waals surface area contributed by atoms with Crippen LogP contribution in [0.15, 0.2) is 105 Å². The number of allylic oxidation sites excluding steroid dienone is 1. The molecule has 6 nitrogen and oxygen atoms in total. The Morgan fingerprint density at radius 1 is 0.710 bits per heavy atom. The van der Waals surface area contributed by atoms with Gasteiger partial charge >= 0.3 is 0 Å². The summed E-state index contributed by atoms with van der Waals surface area (Å²) in [6.07, 6.45) is 3.62. The first kappa shape index (κ1) is 22.5. The van der Waals surface area contributed by atoms with E-state index >= 15 is 0 Å². The van der Waals surface area contributed by atoms with Crippen LogP contribution in [0.1, 0.15) is 11.1 Å². The van der Waals surface area contributed by atoms with Gasteiger partial charge in [0, 0.05) is 12.4 Å². The highest BCUT2D eigenvalue weighted by Gasteiger charge is 2.22. The summed E-state index contributed by atoms with van der Waals surface area (Å²) in [6, 6.07) is 21.3. The Labute approximate surface area is 183 Å². The molecular weight excluding hydrogens is 432 g/mol. The predicted molar refractivity (Wildman–Crippen MR) is 123 cm³/mol. The minimum atomic E-state index is -3.91. The van der Waals surface area contributed by atoms with E-state index < -0.39 is 20.0 Å². The van der Waals surface area contributed by atoms with Crippen molar-refractivity contribution >= 4 is 31.9 Å². The van der Waals surface area contributed by atoms with Crippen molar-refractivity contribution in [3.05, 3.63) is 102 Å². The van der Waals surface area contributed by atoms with Crippen LogP contribution in [-0.2, 0) is 20.0 Å². The first-order chi connectivity index (χ1) is 14.7. The summed E-state index contributed by atoms with van der Waals surface area (Å²) in [4.78, 5) is 0.186. The van der Waals surface area contributed by atoms with Gasteiger partial charge in [-0.05, 0) is 56.3 Å². The van der Waals surface area contributed by atoms with E-state index in [1.54, 1.807) is 54.6 Å². The smallest absolute Gasteiger partial charge is 0.242 e. The molecule has 0 atom stereocenters. The second-order valence-corrected chi connectivity index (χ2v) is 10.3. The molecule has 0 N–H and O–H groups in total. The fourth-order valence-electron chi connectivity index (χ4n) is 2.71. The normalized spacial score (nSPS) is 12.5. The predicted octanol–water partition coefficient (Wildman–Crippen LogP) is 4.47. The average molecular weight is 455 g/mol. The molecule has 3 rings (SSSR count). The van der Waals surface area contributed by atoms with Crippen molar-refractivity contribution in [2.45, 2.75) is 23.6 Å². The summed E-state index contributed by atoms with van der Waals surface area (Å²) < 4.78 is 55.8. The minimum Gasteiger partial charge on any atom is -0.242 e. The highest BCUT2D eigenvalue weighted by Crippen LogP contribution is 2.24. The molecule has 0 aliphatic carbocycles. The Hall–Kier alpha value is -3.23. The van der Waals surface area contributed by atoms with Gasteiger partial charge in [0.25, 0.3) is 20.0 Å². The minimum absolute atomic E-state index is 0.0648. The third-order valence-corrected chi connectivity index (χ3v) is 7.40. The molecule has 0 radical (unpaired) electrons. The zero-order valence-corrected chi connectivity index (χ0v) is 18.7. The van der Waals surface area contributed by atoms with Crippen molar-refractivity contribution in [2.24, 2.45) is 4.40 Å². The lowest BCUT2D eigenvalue weighted by molar-refractivity contribution is 0.595. The van der Waals surface area contributed by atoms with Gasteiger partial charge in [-0.25, -0.2) is 12.7 Å². The van der Waals surface area contributed by atoms with E-state index in [1.165, 1.54) is 36.5 Å². The molecule has 0 saturated heterocycles. The van der Waals surface area contributed by atoms with Crippen LogP contribution in [0.5, 0.6) is 0 Å². The lowest BCUT2D eigenvalue weighted by Gasteiger charge is -2.20. The second kappa shape index (κ2) is 9.28. The van der Waals surface area contributed by atoms with E-state index in [1.807, 2.05) is 13.8 Å². The molecule has 0 aromatic heterocycles. The van der Waals surface area contributed by atoms with E-state index in [4.69, 9.17) is 0 Å². The molecule has 8 heteroatoms. The van der Waals surface area contributed by atoms with Gasteiger partial charge in [-0.3, -0.25) is 0 Å². The van der Waals surface area contributed by atoms with Gasteiger partial charge in [0.05, 0.1) is 15.5 Å². The van der Waals surface area contributed by atoms with E-state index in [0.29, 0.717) is 5.69 Å². The van der Waals surface area contributed by atoms with Crippen molar-refractivity contribution in [3.8, 4) is 0 Å². The molecule has 0 aliphatic rings. The Morgan fingerprint density at radius 2 is 1.23 bits per heavy atom. The quantitative estimate of drug-likeness (QED) is 0.493. The molecule has 3 aromatic carbocycles. The average Bonchev–Trinajstić information content (AvgIpc) is 2.74. The number of benzene rings is 3. The van der Waals surface area contributed by atoms with E-state index in [2.05, 4.69) is 4.40 Å². The largest absolute Gasteiger partial charge is 0.282 e. The second-order valence-electron chi connectivity index (χ2n) is 6.83. The number of aryl methyl sites for hydroxylation is 2. The summed E-state index contributed by atoms with van der Waals surface area (Å²) in [5.41, 5.74) is 2.28. The van der Waals surface area contributed by atoms with Gasteiger partial charge in [0.1, 0.15) is 0 Å². The lowest BCUT2D eigenvalue weighted by Crippen LogP contribution is -2.25. The molecule has 3 aromatic rings. The molecular formula is C23H22N2O4S2. The molecule has 0 amide bonds. The molecule has 0 heterocycles. The van der Waals surface area contributed by atoms with Gasteiger partial charge in [-0.1, -0.05) is 53.6 Å². The number of anilines is 1. The summed E-state index contributed by atoms with van der Waals surface area (Å²) in [5.74, 6) is 0. The Bertz CT molecular complexity index is 1300. The summed E-state index contributed by atoms with van der Waals surface area (Å²) >= 11 is 0. The highest BCUT2D eigenvalue weighted by atomic mass is 32.2. The Morgan fingerprint density at radius 3 is 1.77 bits per heavy atom. The van der Waals surface area contributed by atoms with Crippen LogP contribution >= 0.6 is 0 Å². The van der Waals surface area contributed by atoms with Crippen molar-refractivity contribution in [3.63, 3.8) is 0 Å². The SMILES string of the molecule is Cc1ccc(S(=O)(=O)/N=C/C=C/N(c2ccccc2)S(=O)(=O)c2ccc(C)cc2)cc1. The molecule has 0 bridgehead atoms. The van der Waals surface area contributed by atoms with Crippen molar-refractivity contribution in [1.29, 1.82) is 0 Å². The molecule has 160 valence electrons. The molecule has 0 saturated carbocycles. The topological polar surface area (TPSA) is 83.9 Å². The number of para-hydroxylation sites is 1. The molecule has 0 unspecified atom stereocenters. The van der Waals surface area contributed by atoms with Gasteiger partial charge in [-0.2, -0.15) is 12.8 Å². The first-order valence-corrected chi connectivity index (χ1v) is 12.3. The van der Waals surface area contributed by atoms with Crippen LogP contribution in [-0.4, -0.2) is 23.1 Å². The maximum atomic E-state index is 13.2. The van der Waals surface area contributed by atoms with Crippen LogP contribution in [0.4, 0.5) is 5.69 Å². The zero-order chi connectivity index (χ0) is 22.5. The Kier molecular flexibility index (Phi) is 6.72. The van der Waals surface area contributed by atoms with E-state index in [0.717, 1.165) is 21.6 Å². The molecule has 0 aliphatic heterocycles.